The van der Waals surface area contributed by atoms with Gasteiger partial charge in [-0.05, 0) is 51.4 Å². The van der Waals surface area contributed by atoms with Crippen LogP contribution >= 0.6 is 0 Å². The largest absolute Gasteiger partial charge is 0.351 e. The number of aromatic nitrogens is 2. The molecule has 0 radical (unpaired) electrons. The summed E-state index contributed by atoms with van der Waals surface area (Å²) in [7, 11) is 2.18. The van der Waals surface area contributed by atoms with Crippen molar-refractivity contribution in [2.75, 3.05) is 44.7 Å². The number of anilines is 1. The molecule has 2 aliphatic rings. The lowest BCUT2D eigenvalue weighted by Crippen LogP contribution is -2.40. The molecule has 6 heteroatoms. The van der Waals surface area contributed by atoms with E-state index in [4.69, 9.17) is 0 Å². The highest BCUT2D eigenvalue weighted by atomic mass is 16.2. The Morgan fingerprint density at radius 2 is 2.26 bits per heavy atom. The summed E-state index contributed by atoms with van der Waals surface area (Å²) in [5, 5.41) is 8.26. The fourth-order valence-corrected chi connectivity index (χ4v) is 3.70. The molecule has 1 atom stereocenters. The maximum atomic E-state index is 11.6. The third-order valence-electron chi connectivity index (χ3n) is 4.89. The predicted molar refractivity (Wildman–Crippen MR) is 90.3 cm³/mol. The van der Waals surface area contributed by atoms with Gasteiger partial charge >= 0.3 is 0 Å². The van der Waals surface area contributed by atoms with Crippen molar-refractivity contribution < 1.29 is 4.79 Å². The van der Waals surface area contributed by atoms with Gasteiger partial charge in [0.1, 0.15) is 0 Å². The van der Waals surface area contributed by atoms with Crippen LogP contribution in [0.1, 0.15) is 32.1 Å². The Balaban J connectivity index is 1.43. The van der Waals surface area contributed by atoms with Crippen LogP contribution in [0.15, 0.2) is 18.3 Å². The van der Waals surface area contributed by atoms with Crippen molar-refractivity contribution in [1.82, 2.24) is 20.0 Å². The number of likely N-dealkylation sites (tertiary alicyclic amines) is 1. The number of hydrogen-bond donors (Lipinski definition) is 0. The average molecular weight is 317 g/mol. The number of carbonyl (C=O) groups is 1. The molecule has 3 heterocycles. The number of nitrogens with zero attached hydrogens (tertiary/aromatic N) is 5. The summed E-state index contributed by atoms with van der Waals surface area (Å²) in [4.78, 5) is 18.4. The normalized spacial score (nSPS) is 21.7. The minimum Gasteiger partial charge on any atom is -0.351 e. The van der Waals surface area contributed by atoms with E-state index in [-0.39, 0.29) is 0 Å². The quantitative estimate of drug-likeness (QED) is 0.761. The summed E-state index contributed by atoms with van der Waals surface area (Å²) in [6.45, 7) is 5.01. The summed E-state index contributed by atoms with van der Waals surface area (Å²) in [6, 6.07) is 4.52. The first-order valence-electron chi connectivity index (χ1n) is 8.75. The van der Waals surface area contributed by atoms with Crippen molar-refractivity contribution in [3.63, 3.8) is 0 Å². The lowest BCUT2D eigenvalue weighted by atomic mass is 10.2. The SMILES string of the molecule is CN(CCCN1CCCC1=O)C[C@H]1CCCN1c1cccnn1. The number of carbonyl (C=O) groups excluding carboxylic acids is 1. The molecule has 1 amide bonds. The van der Waals surface area contributed by atoms with Crippen LogP contribution in [-0.2, 0) is 4.79 Å². The molecule has 1 aromatic heterocycles. The highest BCUT2D eigenvalue weighted by Gasteiger charge is 2.27. The van der Waals surface area contributed by atoms with E-state index < -0.39 is 0 Å². The fraction of sp³-hybridized carbons (Fsp3) is 0.706. The molecule has 0 N–H and O–H groups in total. The van der Waals surface area contributed by atoms with Gasteiger partial charge in [0.25, 0.3) is 0 Å². The Kier molecular flexibility index (Phi) is 5.43. The summed E-state index contributed by atoms with van der Waals surface area (Å²) >= 11 is 0. The highest BCUT2D eigenvalue weighted by Crippen LogP contribution is 2.23. The Labute approximate surface area is 138 Å². The lowest BCUT2D eigenvalue weighted by molar-refractivity contribution is -0.127. The number of amides is 1. The van der Waals surface area contributed by atoms with Gasteiger partial charge in [-0.2, -0.15) is 5.10 Å². The van der Waals surface area contributed by atoms with E-state index in [0.29, 0.717) is 11.9 Å². The molecule has 0 saturated carbocycles. The van der Waals surface area contributed by atoms with Gasteiger partial charge in [0.2, 0.25) is 5.91 Å². The maximum absolute atomic E-state index is 11.6. The van der Waals surface area contributed by atoms with Crippen LogP contribution in [0.3, 0.4) is 0 Å². The van der Waals surface area contributed by atoms with Gasteiger partial charge in [0.15, 0.2) is 5.82 Å². The first kappa shape index (κ1) is 16.2. The van der Waals surface area contributed by atoms with Gasteiger partial charge in [-0.3, -0.25) is 4.79 Å². The highest BCUT2D eigenvalue weighted by molar-refractivity contribution is 5.77. The van der Waals surface area contributed by atoms with Crippen LogP contribution in [0.25, 0.3) is 0 Å². The Hall–Kier alpha value is -1.69. The zero-order valence-electron chi connectivity index (χ0n) is 14.0. The van der Waals surface area contributed by atoms with E-state index in [9.17, 15) is 4.79 Å². The smallest absolute Gasteiger partial charge is 0.222 e. The van der Waals surface area contributed by atoms with E-state index in [1.807, 2.05) is 17.0 Å². The summed E-state index contributed by atoms with van der Waals surface area (Å²) in [5.41, 5.74) is 0. The van der Waals surface area contributed by atoms with Crippen LogP contribution in [-0.4, -0.2) is 71.7 Å². The van der Waals surface area contributed by atoms with Crippen molar-refractivity contribution in [2.24, 2.45) is 0 Å². The Bertz CT molecular complexity index is 509. The Morgan fingerprint density at radius 3 is 3.00 bits per heavy atom. The van der Waals surface area contributed by atoms with Gasteiger partial charge in [-0.1, -0.05) is 0 Å². The number of hydrogen-bond acceptors (Lipinski definition) is 5. The molecule has 1 aromatic rings. The molecule has 23 heavy (non-hydrogen) atoms. The fourth-order valence-electron chi connectivity index (χ4n) is 3.70. The van der Waals surface area contributed by atoms with Gasteiger partial charge in [-0.15, -0.1) is 5.10 Å². The second-order valence-electron chi connectivity index (χ2n) is 6.67. The topological polar surface area (TPSA) is 52.6 Å². The molecule has 0 spiro atoms. The molecule has 6 nitrogen and oxygen atoms in total. The second kappa shape index (κ2) is 7.73. The van der Waals surface area contributed by atoms with Gasteiger partial charge in [0, 0.05) is 44.8 Å². The molecule has 0 aliphatic carbocycles. The van der Waals surface area contributed by atoms with Crippen molar-refractivity contribution in [3.8, 4) is 0 Å². The van der Waals surface area contributed by atoms with Crippen LogP contribution < -0.4 is 4.90 Å². The lowest BCUT2D eigenvalue weighted by Gasteiger charge is -2.29. The maximum Gasteiger partial charge on any atom is 0.222 e. The molecular formula is C17H27N5O. The van der Waals surface area contributed by atoms with Crippen LogP contribution in [0.5, 0.6) is 0 Å². The number of likely N-dealkylation sites (N-methyl/N-ethyl adjacent to an activating group) is 1. The van der Waals surface area contributed by atoms with Gasteiger partial charge < -0.3 is 14.7 Å². The molecular weight excluding hydrogens is 290 g/mol. The third-order valence-corrected chi connectivity index (χ3v) is 4.89. The van der Waals surface area contributed by atoms with Crippen LogP contribution in [0.4, 0.5) is 5.82 Å². The molecule has 2 saturated heterocycles. The minimum absolute atomic E-state index is 0.331. The second-order valence-corrected chi connectivity index (χ2v) is 6.67. The molecule has 2 aliphatic heterocycles. The monoisotopic (exact) mass is 317 g/mol. The summed E-state index contributed by atoms with van der Waals surface area (Å²) in [6.07, 6.45) is 6.98. The summed E-state index contributed by atoms with van der Waals surface area (Å²) in [5.74, 6) is 1.32. The molecule has 0 aromatic carbocycles. The van der Waals surface area contributed by atoms with E-state index in [0.717, 1.165) is 57.8 Å². The molecule has 2 fully saturated rings. The summed E-state index contributed by atoms with van der Waals surface area (Å²) < 4.78 is 0. The van der Waals surface area contributed by atoms with Crippen molar-refractivity contribution in [3.05, 3.63) is 18.3 Å². The molecule has 0 unspecified atom stereocenters. The first-order valence-corrected chi connectivity index (χ1v) is 8.75. The first-order chi connectivity index (χ1) is 11.2. The van der Waals surface area contributed by atoms with Crippen molar-refractivity contribution in [2.45, 2.75) is 38.1 Å². The predicted octanol–water partition coefficient (Wildman–Crippen LogP) is 1.39. The van der Waals surface area contributed by atoms with Crippen molar-refractivity contribution >= 4 is 11.7 Å². The zero-order chi connectivity index (χ0) is 16.1. The van der Waals surface area contributed by atoms with Crippen LogP contribution in [0, 0.1) is 0 Å². The average Bonchev–Trinajstić information content (AvgIpc) is 3.18. The number of rotatable bonds is 7. The van der Waals surface area contributed by atoms with Crippen LogP contribution in [0.2, 0.25) is 0 Å². The van der Waals surface area contributed by atoms with E-state index >= 15 is 0 Å². The van der Waals surface area contributed by atoms with E-state index in [2.05, 4.69) is 27.0 Å². The molecule has 3 rings (SSSR count). The molecule has 126 valence electrons. The standard InChI is InChI=1S/C17H27N5O/c1-20(10-5-12-21-11-4-8-17(21)23)14-15-6-3-13-22(15)16-7-2-9-18-19-16/h2,7,9,15H,3-6,8,10-14H2,1H3/t15-/m1/s1. The van der Waals surface area contributed by atoms with Gasteiger partial charge in [0.05, 0.1) is 0 Å². The van der Waals surface area contributed by atoms with E-state index in [1.54, 1.807) is 6.20 Å². The zero-order valence-corrected chi connectivity index (χ0v) is 14.0. The van der Waals surface area contributed by atoms with Gasteiger partial charge in [-0.25, -0.2) is 0 Å². The molecule has 0 bridgehead atoms. The third kappa shape index (κ3) is 4.19. The minimum atomic E-state index is 0.331. The Morgan fingerprint density at radius 1 is 1.35 bits per heavy atom. The van der Waals surface area contributed by atoms with Crippen molar-refractivity contribution in [1.29, 1.82) is 0 Å². The van der Waals surface area contributed by atoms with E-state index in [1.165, 1.54) is 12.8 Å².